The van der Waals surface area contributed by atoms with E-state index in [2.05, 4.69) is 15.6 Å². The van der Waals surface area contributed by atoms with E-state index < -0.39 is 85.2 Å². The number of carbonyl (C=O) groups is 6. The topological polar surface area (TPSA) is 261 Å². The van der Waals surface area contributed by atoms with Crippen LogP contribution in [0, 0.1) is 0 Å². The van der Waals surface area contributed by atoms with E-state index in [1.165, 1.54) is 0 Å². The van der Waals surface area contributed by atoms with E-state index in [-0.39, 0.29) is 6.42 Å². The van der Waals surface area contributed by atoms with Crippen molar-refractivity contribution in [3.63, 3.8) is 0 Å². The number of aromatic amines is 1. The number of hydrogen-bond donors (Lipinski definition) is 9. The van der Waals surface area contributed by atoms with Crippen molar-refractivity contribution in [2.24, 2.45) is 5.73 Å². The number of aliphatic hydroxyl groups is 1. The second-order valence-electron chi connectivity index (χ2n) is 8.89. The van der Waals surface area contributed by atoms with Crippen LogP contribution >= 0.6 is 0 Å². The molecule has 0 saturated carbocycles. The minimum absolute atomic E-state index is 0.0524. The van der Waals surface area contributed by atoms with Crippen LogP contribution in [0.4, 0.5) is 0 Å². The third-order valence-corrected chi connectivity index (χ3v) is 5.79. The Balaban J connectivity index is 2.16. The molecule has 0 bridgehead atoms. The molecule has 39 heavy (non-hydrogen) atoms. The molecule has 0 aliphatic carbocycles. The highest BCUT2D eigenvalue weighted by molar-refractivity contribution is 5.96. The zero-order valence-electron chi connectivity index (χ0n) is 20.9. The Labute approximate surface area is 221 Å². The molecule has 212 valence electrons. The predicted molar refractivity (Wildman–Crippen MR) is 134 cm³/mol. The van der Waals surface area contributed by atoms with Crippen LogP contribution in [0.15, 0.2) is 30.5 Å². The van der Waals surface area contributed by atoms with Gasteiger partial charge in [-0.25, -0.2) is 4.79 Å². The molecule has 0 aliphatic heterocycles. The molecule has 0 fully saturated rings. The van der Waals surface area contributed by atoms with Gasteiger partial charge in [-0.1, -0.05) is 18.2 Å². The van der Waals surface area contributed by atoms with E-state index in [1.807, 2.05) is 23.5 Å². The molecule has 1 aromatic carbocycles. The Morgan fingerprint density at radius 3 is 2.10 bits per heavy atom. The highest BCUT2D eigenvalue weighted by atomic mass is 16.4. The third-order valence-electron chi connectivity index (χ3n) is 5.79. The molecule has 10 N–H and O–H groups in total. The maximum Gasteiger partial charge on any atom is 0.328 e. The van der Waals surface area contributed by atoms with Crippen molar-refractivity contribution in [1.82, 2.24) is 20.9 Å². The summed E-state index contributed by atoms with van der Waals surface area (Å²) in [6.45, 7) is 1.10. The molecule has 5 atom stereocenters. The van der Waals surface area contributed by atoms with Crippen molar-refractivity contribution < 1.29 is 49.2 Å². The van der Waals surface area contributed by atoms with Gasteiger partial charge in [0.15, 0.2) is 6.04 Å². The van der Waals surface area contributed by atoms with Crippen LogP contribution < -0.4 is 21.7 Å². The minimum Gasteiger partial charge on any atom is -0.481 e. The van der Waals surface area contributed by atoms with E-state index in [9.17, 15) is 44.1 Å². The number of aliphatic hydroxyl groups excluding tert-OH is 1. The van der Waals surface area contributed by atoms with E-state index in [4.69, 9.17) is 10.8 Å². The molecule has 1 heterocycles. The van der Waals surface area contributed by atoms with Crippen LogP contribution in [-0.4, -0.2) is 91.3 Å². The van der Waals surface area contributed by atoms with Crippen LogP contribution in [-0.2, 0) is 35.2 Å². The number of nitrogens with two attached hydrogens (primary N) is 1. The van der Waals surface area contributed by atoms with Crippen molar-refractivity contribution in [3.8, 4) is 0 Å². The molecule has 0 aliphatic rings. The van der Waals surface area contributed by atoms with Crippen molar-refractivity contribution in [2.45, 2.75) is 62.9 Å². The fourth-order valence-corrected chi connectivity index (χ4v) is 3.74. The summed E-state index contributed by atoms with van der Waals surface area (Å²) in [5.41, 5.74) is 7.53. The van der Waals surface area contributed by atoms with Gasteiger partial charge in [0.2, 0.25) is 17.7 Å². The molecular weight excluding hydrogens is 518 g/mol. The molecule has 2 rings (SSSR count). The number of aliphatic carboxylic acids is 3. The molecule has 5 unspecified atom stereocenters. The summed E-state index contributed by atoms with van der Waals surface area (Å²) in [5, 5.41) is 44.3. The number of carbonyl (C=O) groups excluding carboxylic acids is 3. The van der Waals surface area contributed by atoms with Gasteiger partial charge in [-0.2, -0.15) is 0 Å². The summed E-state index contributed by atoms with van der Waals surface area (Å²) >= 11 is 0. The number of amides is 3. The Morgan fingerprint density at radius 2 is 1.51 bits per heavy atom. The fraction of sp³-hybridized carbons (Fsp3) is 0.417. The van der Waals surface area contributed by atoms with Crippen LogP contribution in [0.3, 0.4) is 0 Å². The monoisotopic (exact) mass is 549 g/mol. The molecule has 0 spiro atoms. The SMILES string of the molecule is CC(O)C(NC(=O)C(CCC(=O)O)NC(=O)C(CC(=O)O)NC(=O)C(N)Cc1c[nH]c2ccccc12)C(=O)O. The van der Waals surface area contributed by atoms with E-state index in [0.717, 1.165) is 17.8 Å². The van der Waals surface area contributed by atoms with E-state index >= 15 is 0 Å². The summed E-state index contributed by atoms with van der Waals surface area (Å²) in [7, 11) is 0. The molecule has 1 aromatic heterocycles. The lowest BCUT2D eigenvalue weighted by Crippen LogP contribution is -2.58. The number of aromatic nitrogens is 1. The summed E-state index contributed by atoms with van der Waals surface area (Å²) in [6, 6.07) is 1.00. The number of nitrogens with one attached hydrogen (secondary N) is 4. The highest BCUT2D eigenvalue weighted by Crippen LogP contribution is 2.18. The number of para-hydroxylation sites is 1. The standard InChI is InChI=1S/C24H31N5O10/c1-11(30)20(24(38)39)29-22(36)16(6-7-18(31)32)27-23(37)17(9-19(33)34)28-21(35)14(25)8-12-10-26-15-5-3-2-4-13(12)15/h2-5,10-11,14,16-17,20,26,30H,6-9,25H2,1H3,(H,27,37)(H,28,35)(H,29,36)(H,31,32)(H,33,34)(H,38,39). The number of benzene rings is 1. The zero-order chi connectivity index (χ0) is 29.3. The van der Waals surface area contributed by atoms with Crippen LogP contribution in [0.1, 0.15) is 31.7 Å². The number of fused-ring (bicyclic) bond motifs is 1. The lowest BCUT2D eigenvalue weighted by Gasteiger charge is -2.25. The molecule has 15 nitrogen and oxygen atoms in total. The summed E-state index contributed by atoms with van der Waals surface area (Å²) in [6.07, 6.45) is -1.81. The van der Waals surface area contributed by atoms with Gasteiger partial charge in [-0.15, -0.1) is 0 Å². The lowest BCUT2D eigenvalue weighted by atomic mass is 10.0. The smallest absolute Gasteiger partial charge is 0.328 e. The van der Waals surface area contributed by atoms with Gasteiger partial charge >= 0.3 is 17.9 Å². The molecular formula is C24H31N5O10. The molecule has 0 saturated heterocycles. The van der Waals surface area contributed by atoms with Crippen LogP contribution in [0.2, 0.25) is 0 Å². The van der Waals surface area contributed by atoms with Crippen molar-refractivity contribution >= 4 is 46.5 Å². The Morgan fingerprint density at radius 1 is 0.897 bits per heavy atom. The van der Waals surface area contributed by atoms with E-state index in [0.29, 0.717) is 5.56 Å². The Hall–Kier alpha value is -4.50. The zero-order valence-corrected chi connectivity index (χ0v) is 20.9. The normalized spacial score (nSPS) is 14.8. The van der Waals surface area contributed by atoms with Gasteiger partial charge in [0.1, 0.15) is 12.1 Å². The Bertz CT molecular complexity index is 1230. The van der Waals surface area contributed by atoms with Gasteiger partial charge in [0.25, 0.3) is 0 Å². The van der Waals surface area contributed by atoms with Crippen LogP contribution in [0.25, 0.3) is 10.9 Å². The van der Waals surface area contributed by atoms with Gasteiger partial charge in [0.05, 0.1) is 18.6 Å². The second kappa shape index (κ2) is 13.9. The molecule has 15 heteroatoms. The maximum atomic E-state index is 12.9. The fourth-order valence-electron chi connectivity index (χ4n) is 3.74. The van der Waals surface area contributed by atoms with E-state index in [1.54, 1.807) is 12.3 Å². The molecule has 3 amide bonds. The Kier molecular flexibility index (Phi) is 10.9. The number of hydrogen-bond acceptors (Lipinski definition) is 8. The lowest BCUT2D eigenvalue weighted by molar-refractivity contribution is -0.146. The van der Waals surface area contributed by atoms with Crippen molar-refractivity contribution in [2.75, 3.05) is 0 Å². The van der Waals surface area contributed by atoms with Gasteiger partial charge in [-0.05, 0) is 31.4 Å². The number of carboxylic acids is 3. The van der Waals surface area contributed by atoms with Crippen LogP contribution in [0.5, 0.6) is 0 Å². The first kappa shape index (κ1) is 30.7. The van der Waals surface area contributed by atoms with Gasteiger partial charge < -0.3 is 47.1 Å². The maximum absolute atomic E-state index is 12.9. The quantitative estimate of drug-likeness (QED) is 0.121. The highest BCUT2D eigenvalue weighted by Gasteiger charge is 2.33. The average molecular weight is 550 g/mol. The average Bonchev–Trinajstić information content (AvgIpc) is 3.26. The largest absolute Gasteiger partial charge is 0.481 e. The first-order chi connectivity index (χ1) is 18.3. The second-order valence-corrected chi connectivity index (χ2v) is 8.89. The first-order valence-corrected chi connectivity index (χ1v) is 11.9. The number of H-pyrrole nitrogens is 1. The number of rotatable bonds is 15. The minimum atomic E-state index is -1.77. The number of carboxylic acid groups (broad SMARTS) is 3. The summed E-state index contributed by atoms with van der Waals surface area (Å²) in [5.74, 6) is -7.50. The first-order valence-electron chi connectivity index (χ1n) is 11.9. The van der Waals surface area contributed by atoms with Crippen molar-refractivity contribution in [1.29, 1.82) is 0 Å². The third kappa shape index (κ3) is 9.08. The van der Waals surface area contributed by atoms with Gasteiger partial charge in [0, 0.05) is 23.5 Å². The van der Waals surface area contributed by atoms with Gasteiger partial charge in [-0.3, -0.25) is 24.0 Å². The van der Waals surface area contributed by atoms with Crippen molar-refractivity contribution in [3.05, 3.63) is 36.0 Å². The molecule has 0 radical (unpaired) electrons. The summed E-state index contributed by atoms with van der Waals surface area (Å²) < 4.78 is 0. The predicted octanol–water partition coefficient (Wildman–Crippen LogP) is -1.70. The summed E-state index contributed by atoms with van der Waals surface area (Å²) in [4.78, 5) is 75.1. The molecule has 2 aromatic rings.